The minimum Gasteiger partial charge on any atom is -0.496 e. The lowest BCUT2D eigenvalue weighted by Gasteiger charge is -2.12. The summed E-state index contributed by atoms with van der Waals surface area (Å²) in [5.41, 5.74) is 4.43. The van der Waals surface area contributed by atoms with Crippen molar-refractivity contribution in [3.05, 3.63) is 70.8 Å². The number of quaternary nitrogens is 1. The predicted molar refractivity (Wildman–Crippen MR) is 102 cm³/mol. The van der Waals surface area contributed by atoms with E-state index in [1.165, 1.54) is 10.5 Å². The Morgan fingerprint density at radius 2 is 1.88 bits per heavy atom. The molecule has 0 saturated heterocycles. The lowest BCUT2D eigenvalue weighted by Crippen LogP contribution is -3.04. The van der Waals surface area contributed by atoms with E-state index in [0.717, 1.165) is 29.0 Å². The third-order valence-corrected chi connectivity index (χ3v) is 3.91. The van der Waals surface area contributed by atoms with Crippen LogP contribution in [0.3, 0.4) is 0 Å². The molecule has 132 valence electrons. The molecule has 0 aromatic heterocycles. The highest BCUT2D eigenvalue weighted by atomic mass is 16.5. The third-order valence-electron chi connectivity index (χ3n) is 3.91. The maximum Gasteiger partial charge on any atom is 0.244 e. The Hall–Kier alpha value is -2.59. The van der Waals surface area contributed by atoms with Crippen molar-refractivity contribution in [1.29, 1.82) is 0 Å². The standard InChI is InChI=1S/C21H26N2O2/c1-16-9-11-20(25-4)17(13-16)10-12-21(24)22-14-18-7-5-6-8-19(18)15-23(2)3/h5-13H,14-15H2,1-4H3,(H,22,24)/p+1/b12-10+. The summed E-state index contributed by atoms with van der Waals surface area (Å²) in [6, 6.07) is 14.1. The van der Waals surface area contributed by atoms with Gasteiger partial charge in [0.1, 0.15) is 12.3 Å². The summed E-state index contributed by atoms with van der Waals surface area (Å²) in [6.45, 7) is 3.47. The van der Waals surface area contributed by atoms with E-state index in [9.17, 15) is 4.79 Å². The van der Waals surface area contributed by atoms with Crippen LogP contribution in [0.15, 0.2) is 48.5 Å². The summed E-state index contributed by atoms with van der Waals surface area (Å²) < 4.78 is 5.33. The Kier molecular flexibility index (Phi) is 6.78. The van der Waals surface area contributed by atoms with Gasteiger partial charge in [0, 0.05) is 23.7 Å². The van der Waals surface area contributed by atoms with Crippen molar-refractivity contribution in [3.63, 3.8) is 0 Å². The molecule has 2 aromatic carbocycles. The van der Waals surface area contributed by atoms with Gasteiger partial charge >= 0.3 is 0 Å². The predicted octanol–water partition coefficient (Wildman–Crippen LogP) is 1.98. The van der Waals surface area contributed by atoms with E-state index in [4.69, 9.17) is 4.74 Å². The van der Waals surface area contributed by atoms with Crippen LogP contribution in [-0.2, 0) is 17.9 Å². The van der Waals surface area contributed by atoms with Crippen molar-refractivity contribution in [1.82, 2.24) is 5.32 Å². The van der Waals surface area contributed by atoms with E-state index >= 15 is 0 Å². The summed E-state index contributed by atoms with van der Waals surface area (Å²) in [4.78, 5) is 13.5. The monoisotopic (exact) mass is 339 g/mol. The smallest absolute Gasteiger partial charge is 0.244 e. The van der Waals surface area contributed by atoms with Crippen molar-refractivity contribution in [2.45, 2.75) is 20.0 Å². The molecule has 0 aliphatic carbocycles. The van der Waals surface area contributed by atoms with Crippen LogP contribution >= 0.6 is 0 Å². The van der Waals surface area contributed by atoms with Gasteiger partial charge in [0.15, 0.2) is 0 Å². The van der Waals surface area contributed by atoms with Gasteiger partial charge < -0.3 is 15.0 Å². The molecule has 4 heteroatoms. The average molecular weight is 339 g/mol. The van der Waals surface area contributed by atoms with Crippen LogP contribution in [0.5, 0.6) is 5.75 Å². The first-order valence-corrected chi connectivity index (χ1v) is 8.46. The van der Waals surface area contributed by atoms with Crippen LogP contribution < -0.4 is 15.0 Å². The van der Waals surface area contributed by atoms with E-state index in [1.807, 2.05) is 37.3 Å². The Labute approximate surface area is 150 Å². The van der Waals surface area contributed by atoms with Gasteiger partial charge in [0.05, 0.1) is 21.2 Å². The number of methoxy groups -OCH3 is 1. The van der Waals surface area contributed by atoms with E-state index in [2.05, 4.69) is 31.5 Å². The maximum absolute atomic E-state index is 12.2. The third kappa shape index (κ3) is 5.76. The lowest BCUT2D eigenvalue weighted by atomic mass is 10.1. The number of ether oxygens (including phenoxy) is 1. The zero-order valence-electron chi connectivity index (χ0n) is 15.4. The van der Waals surface area contributed by atoms with Crippen molar-refractivity contribution in [3.8, 4) is 5.75 Å². The fourth-order valence-electron chi connectivity index (χ4n) is 2.67. The molecule has 0 aliphatic rings. The molecule has 4 nitrogen and oxygen atoms in total. The van der Waals surface area contributed by atoms with Crippen LogP contribution in [0.2, 0.25) is 0 Å². The second-order valence-corrected chi connectivity index (χ2v) is 6.45. The molecule has 0 spiro atoms. The molecule has 0 heterocycles. The van der Waals surface area contributed by atoms with Gasteiger partial charge in [0.2, 0.25) is 5.91 Å². The van der Waals surface area contributed by atoms with Gasteiger partial charge in [-0.05, 0) is 30.7 Å². The Morgan fingerprint density at radius 3 is 2.56 bits per heavy atom. The molecule has 1 amide bonds. The van der Waals surface area contributed by atoms with Crippen molar-refractivity contribution in [2.24, 2.45) is 0 Å². The van der Waals surface area contributed by atoms with Gasteiger partial charge in [-0.1, -0.05) is 35.9 Å². The SMILES string of the molecule is COc1ccc(C)cc1/C=C/C(=O)NCc1ccccc1C[NH+](C)C. The summed E-state index contributed by atoms with van der Waals surface area (Å²) >= 11 is 0. The van der Waals surface area contributed by atoms with Crippen molar-refractivity contribution < 1.29 is 14.4 Å². The molecule has 0 aliphatic heterocycles. The number of hydrogen-bond acceptors (Lipinski definition) is 2. The molecular weight excluding hydrogens is 312 g/mol. The van der Waals surface area contributed by atoms with Gasteiger partial charge in [-0.3, -0.25) is 4.79 Å². The molecule has 0 radical (unpaired) electrons. The Balaban J connectivity index is 2.01. The topological polar surface area (TPSA) is 42.8 Å². The summed E-state index contributed by atoms with van der Waals surface area (Å²) in [5.74, 6) is 0.643. The number of carbonyl (C=O) groups excluding carboxylic acids is 1. The van der Waals surface area contributed by atoms with Crippen LogP contribution in [0.25, 0.3) is 6.08 Å². The first-order valence-electron chi connectivity index (χ1n) is 8.46. The number of benzene rings is 2. The molecule has 2 rings (SSSR count). The van der Waals surface area contributed by atoms with Crippen LogP contribution in [0, 0.1) is 6.92 Å². The molecule has 2 N–H and O–H groups in total. The summed E-state index contributed by atoms with van der Waals surface area (Å²) in [6.07, 6.45) is 3.34. The molecule has 25 heavy (non-hydrogen) atoms. The Bertz CT molecular complexity index is 751. The van der Waals surface area contributed by atoms with E-state index in [-0.39, 0.29) is 5.91 Å². The van der Waals surface area contributed by atoms with E-state index < -0.39 is 0 Å². The van der Waals surface area contributed by atoms with Crippen molar-refractivity contribution >= 4 is 12.0 Å². The molecule has 2 aromatic rings. The van der Waals surface area contributed by atoms with Gasteiger partial charge in [-0.15, -0.1) is 0 Å². The quantitative estimate of drug-likeness (QED) is 0.758. The van der Waals surface area contributed by atoms with Crippen LogP contribution in [-0.4, -0.2) is 27.1 Å². The van der Waals surface area contributed by atoms with E-state index in [0.29, 0.717) is 6.54 Å². The number of rotatable bonds is 7. The number of aryl methyl sites for hydroxylation is 1. The van der Waals surface area contributed by atoms with E-state index in [1.54, 1.807) is 19.3 Å². The minimum atomic E-state index is -0.115. The first kappa shape index (κ1) is 18.7. The number of carbonyl (C=O) groups is 1. The largest absolute Gasteiger partial charge is 0.496 e. The van der Waals surface area contributed by atoms with Gasteiger partial charge in [-0.2, -0.15) is 0 Å². The minimum absolute atomic E-state index is 0.115. The normalized spacial score (nSPS) is 11.1. The number of hydrogen-bond donors (Lipinski definition) is 2. The zero-order chi connectivity index (χ0) is 18.2. The second kappa shape index (κ2) is 9.04. The summed E-state index contributed by atoms with van der Waals surface area (Å²) in [7, 11) is 5.87. The highest BCUT2D eigenvalue weighted by Gasteiger charge is 2.06. The van der Waals surface area contributed by atoms with Gasteiger partial charge in [0.25, 0.3) is 0 Å². The number of amides is 1. The molecule has 0 bridgehead atoms. The highest BCUT2D eigenvalue weighted by Crippen LogP contribution is 2.20. The first-order chi connectivity index (χ1) is 12.0. The average Bonchev–Trinajstić information content (AvgIpc) is 2.59. The molecule has 0 unspecified atom stereocenters. The number of nitrogens with one attached hydrogen (secondary N) is 2. The van der Waals surface area contributed by atoms with Crippen LogP contribution in [0.4, 0.5) is 0 Å². The maximum atomic E-state index is 12.2. The molecule has 0 fully saturated rings. The van der Waals surface area contributed by atoms with Crippen LogP contribution in [0.1, 0.15) is 22.3 Å². The fourth-order valence-corrected chi connectivity index (χ4v) is 2.67. The Morgan fingerprint density at radius 1 is 1.16 bits per heavy atom. The highest BCUT2D eigenvalue weighted by molar-refractivity contribution is 5.92. The molecular formula is C21H27N2O2+. The van der Waals surface area contributed by atoms with Gasteiger partial charge in [-0.25, -0.2) is 0 Å². The lowest BCUT2D eigenvalue weighted by molar-refractivity contribution is -0.872. The zero-order valence-corrected chi connectivity index (χ0v) is 15.4. The fraction of sp³-hybridized carbons (Fsp3) is 0.286. The van der Waals surface area contributed by atoms with Crippen molar-refractivity contribution in [2.75, 3.05) is 21.2 Å². The summed E-state index contributed by atoms with van der Waals surface area (Å²) in [5, 5.41) is 2.96. The molecule has 0 saturated carbocycles. The molecule has 0 atom stereocenters. The second-order valence-electron chi connectivity index (χ2n) is 6.45.